The number of hydrogen-bond donors (Lipinski definition) is 3. The Bertz CT molecular complexity index is 936. The van der Waals surface area contributed by atoms with Gasteiger partial charge in [0.1, 0.15) is 5.65 Å². The van der Waals surface area contributed by atoms with Crippen molar-refractivity contribution >= 4 is 11.0 Å². The number of benzene rings is 1. The second-order valence-corrected chi connectivity index (χ2v) is 4.48. The number of pyridine rings is 1. The van der Waals surface area contributed by atoms with Crippen LogP contribution in [0.15, 0.2) is 50.8 Å². The third-order valence-corrected chi connectivity index (χ3v) is 3.07. The topological polar surface area (TPSA) is 98.6 Å². The summed E-state index contributed by atoms with van der Waals surface area (Å²) in [6, 6.07) is 11.0. The first-order chi connectivity index (χ1) is 9.63. The second kappa shape index (κ2) is 4.65. The first-order valence-corrected chi connectivity index (χ1v) is 6.06. The monoisotopic (exact) mass is 269 g/mol. The van der Waals surface area contributed by atoms with Gasteiger partial charge in [0.25, 0.3) is 11.1 Å². The summed E-state index contributed by atoms with van der Waals surface area (Å²) in [4.78, 5) is 41.9. The van der Waals surface area contributed by atoms with Crippen molar-refractivity contribution in [2.45, 2.75) is 6.42 Å². The second-order valence-electron chi connectivity index (χ2n) is 4.48. The average Bonchev–Trinajstić information content (AvgIpc) is 2.41. The van der Waals surface area contributed by atoms with Crippen molar-refractivity contribution in [1.82, 2.24) is 15.0 Å². The molecule has 6 nitrogen and oxygen atoms in total. The minimum atomic E-state index is -0.644. The van der Waals surface area contributed by atoms with Crippen LogP contribution in [-0.4, -0.2) is 15.0 Å². The molecule has 0 atom stereocenters. The summed E-state index contributed by atoms with van der Waals surface area (Å²) in [5, 5.41) is 0.259. The van der Waals surface area contributed by atoms with E-state index in [1.807, 2.05) is 30.3 Å². The molecule has 100 valence electrons. The van der Waals surface area contributed by atoms with Crippen LogP contribution in [0.3, 0.4) is 0 Å². The molecule has 6 heteroatoms. The number of hydrogen-bond acceptors (Lipinski definition) is 3. The van der Waals surface area contributed by atoms with Crippen LogP contribution in [0.25, 0.3) is 11.0 Å². The molecule has 0 amide bonds. The standard InChI is InChI=1S/C14H11N3O3/c18-12-9(6-8-4-2-1-3-5-8)7-10-11(15-12)16-14(20)17-13(10)19/h1-5,7H,6H2,(H3,15,16,17,18,19,20). The molecule has 0 radical (unpaired) electrons. The fraction of sp³-hybridized carbons (Fsp3) is 0.0714. The van der Waals surface area contributed by atoms with E-state index in [0.29, 0.717) is 12.0 Å². The third-order valence-electron chi connectivity index (χ3n) is 3.07. The van der Waals surface area contributed by atoms with Crippen molar-refractivity contribution in [1.29, 1.82) is 0 Å². The van der Waals surface area contributed by atoms with E-state index in [1.165, 1.54) is 6.07 Å². The van der Waals surface area contributed by atoms with E-state index >= 15 is 0 Å². The lowest BCUT2D eigenvalue weighted by molar-refractivity contribution is 1.03. The molecule has 3 rings (SSSR count). The summed E-state index contributed by atoms with van der Waals surface area (Å²) >= 11 is 0. The van der Waals surface area contributed by atoms with Gasteiger partial charge in [-0.05, 0) is 11.6 Å². The predicted octanol–water partition coefficient (Wildman–Crippen LogP) is 0.495. The van der Waals surface area contributed by atoms with E-state index in [0.717, 1.165) is 5.56 Å². The Balaban J connectivity index is 2.18. The molecule has 0 unspecified atom stereocenters. The Morgan fingerprint density at radius 2 is 1.60 bits per heavy atom. The highest BCUT2D eigenvalue weighted by Gasteiger charge is 2.07. The molecule has 0 aliphatic rings. The van der Waals surface area contributed by atoms with E-state index in [9.17, 15) is 14.4 Å². The molecule has 20 heavy (non-hydrogen) atoms. The smallest absolute Gasteiger partial charge is 0.308 e. The number of aromatic amines is 3. The zero-order chi connectivity index (χ0) is 14.1. The fourth-order valence-corrected chi connectivity index (χ4v) is 2.11. The SMILES string of the molecule is O=c1[nH]c(=O)c2cc(Cc3ccccc3)c(=O)[nH]c2[nH]1. The minimum Gasteiger partial charge on any atom is -0.308 e. The maximum Gasteiger partial charge on any atom is 0.327 e. The zero-order valence-electron chi connectivity index (χ0n) is 10.4. The number of H-pyrrole nitrogens is 3. The Hall–Kier alpha value is -2.89. The van der Waals surface area contributed by atoms with E-state index in [4.69, 9.17) is 0 Å². The van der Waals surface area contributed by atoms with Gasteiger partial charge in [0.05, 0.1) is 5.39 Å². The quantitative estimate of drug-likeness (QED) is 0.631. The number of fused-ring (bicyclic) bond motifs is 1. The first kappa shape index (κ1) is 12.2. The number of aromatic nitrogens is 3. The summed E-state index contributed by atoms with van der Waals surface area (Å²) in [5.74, 6) is 0. The van der Waals surface area contributed by atoms with Crippen LogP contribution >= 0.6 is 0 Å². The van der Waals surface area contributed by atoms with E-state index in [2.05, 4.69) is 15.0 Å². The molecule has 0 spiro atoms. The van der Waals surface area contributed by atoms with Crippen molar-refractivity contribution in [3.8, 4) is 0 Å². The molecule has 0 bridgehead atoms. The summed E-state index contributed by atoms with van der Waals surface area (Å²) in [6.07, 6.45) is 0.421. The minimum absolute atomic E-state index is 0.139. The molecule has 1 aromatic carbocycles. The fourth-order valence-electron chi connectivity index (χ4n) is 2.11. The van der Waals surface area contributed by atoms with Gasteiger partial charge >= 0.3 is 5.69 Å². The van der Waals surface area contributed by atoms with Crippen molar-refractivity contribution in [3.05, 3.63) is 78.7 Å². The normalized spacial score (nSPS) is 10.8. The first-order valence-electron chi connectivity index (χ1n) is 6.06. The number of nitrogens with one attached hydrogen (secondary N) is 3. The van der Waals surface area contributed by atoms with E-state index in [-0.39, 0.29) is 16.6 Å². The van der Waals surface area contributed by atoms with Gasteiger partial charge in [-0.1, -0.05) is 30.3 Å². The van der Waals surface area contributed by atoms with Crippen LogP contribution in [0, 0.1) is 0 Å². The summed E-state index contributed by atoms with van der Waals surface area (Å²) in [6.45, 7) is 0. The highest BCUT2D eigenvalue weighted by Crippen LogP contribution is 2.08. The largest absolute Gasteiger partial charge is 0.327 e. The lowest BCUT2D eigenvalue weighted by atomic mass is 10.1. The Labute approximate surface area is 112 Å². The highest BCUT2D eigenvalue weighted by atomic mass is 16.2. The predicted molar refractivity (Wildman–Crippen MR) is 75.1 cm³/mol. The lowest BCUT2D eigenvalue weighted by Crippen LogP contribution is -2.25. The molecule has 0 aliphatic carbocycles. The van der Waals surface area contributed by atoms with Gasteiger partial charge in [-0.25, -0.2) is 4.79 Å². The summed E-state index contributed by atoms with van der Waals surface area (Å²) in [5.41, 5.74) is 0.103. The van der Waals surface area contributed by atoms with Crippen molar-refractivity contribution in [3.63, 3.8) is 0 Å². The summed E-state index contributed by atoms with van der Waals surface area (Å²) < 4.78 is 0. The van der Waals surface area contributed by atoms with E-state index < -0.39 is 11.2 Å². The van der Waals surface area contributed by atoms with Crippen LogP contribution in [0.5, 0.6) is 0 Å². The van der Waals surface area contributed by atoms with Crippen molar-refractivity contribution in [2.75, 3.05) is 0 Å². The van der Waals surface area contributed by atoms with Crippen molar-refractivity contribution < 1.29 is 0 Å². The van der Waals surface area contributed by atoms with Gasteiger partial charge in [0.2, 0.25) is 0 Å². The molecule has 2 aromatic heterocycles. The Kier molecular flexibility index (Phi) is 2.83. The highest BCUT2D eigenvalue weighted by molar-refractivity contribution is 5.73. The molecular weight excluding hydrogens is 258 g/mol. The van der Waals surface area contributed by atoms with Crippen LogP contribution < -0.4 is 16.8 Å². The van der Waals surface area contributed by atoms with Gasteiger partial charge in [0, 0.05) is 12.0 Å². The zero-order valence-corrected chi connectivity index (χ0v) is 10.4. The van der Waals surface area contributed by atoms with Crippen LogP contribution in [0.4, 0.5) is 0 Å². The van der Waals surface area contributed by atoms with Crippen molar-refractivity contribution in [2.24, 2.45) is 0 Å². The third kappa shape index (κ3) is 2.18. The average molecular weight is 269 g/mol. The van der Waals surface area contributed by atoms with Gasteiger partial charge < -0.3 is 4.98 Å². The van der Waals surface area contributed by atoms with Gasteiger partial charge in [-0.2, -0.15) is 0 Å². The van der Waals surface area contributed by atoms with E-state index in [1.54, 1.807) is 0 Å². The molecular formula is C14H11N3O3. The Morgan fingerprint density at radius 3 is 2.35 bits per heavy atom. The number of rotatable bonds is 2. The maximum atomic E-state index is 12.0. The molecule has 0 aliphatic heterocycles. The summed E-state index contributed by atoms with van der Waals surface area (Å²) in [7, 11) is 0. The molecule has 0 saturated heterocycles. The van der Waals surface area contributed by atoms with Gasteiger partial charge in [-0.3, -0.25) is 19.6 Å². The maximum absolute atomic E-state index is 12.0. The van der Waals surface area contributed by atoms with Crippen LogP contribution in [0.1, 0.15) is 11.1 Å². The van der Waals surface area contributed by atoms with Gasteiger partial charge in [0.15, 0.2) is 0 Å². The molecule has 0 saturated carbocycles. The lowest BCUT2D eigenvalue weighted by Gasteiger charge is -2.03. The molecule has 2 heterocycles. The molecule has 3 aromatic rings. The molecule has 0 fully saturated rings. The Morgan fingerprint density at radius 1 is 0.850 bits per heavy atom. The van der Waals surface area contributed by atoms with Gasteiger partial charge in [-0.15, -0.1) is 0 Å². The van der Waals surface area contributed by atoms with Crippen LogP contribution in [0.2, 0.25) is 0 Å². The van der Waals surface area contributed by atoms with Crippen LogP contribution in [-0.2, 0) is 6.42 Å². The molecule has 3 N–H and O–H groups in total.